The van der Waals surface area contributed by atoms with Crippen molar-refractivity contribution in [3.05, 3.63) is 107 Å². The number of carbonyl (C=O) groups is 1. The molecule has 7 heteroatoms. The molecule has 0 saturated heterocycles. The smallest absolute Gasteiger partial charge is 0.257 e. The van der Waals surface area contributed by atoms with Gasteiger partial charge < -0.3 is 9.84 Å². The van der Waals surface area contributed by atoms with E-state index in [1.54, 1.807) is 19.1 Å². The molecule has 1 aromatic heterocycles. The summed E-state index contributed by atoms with van der Waals surface area (Å²) >= 11 is 6.31. The van der Waals surface area contributed by atoms with E-state index >= 15 is 0 Å². The number of rotatable bonds is 7. The largest absolute Gasteiger partial charge is 0.360 e. The summed E-state index contributed by atoms with van der Waals surface area (Å²) in [5.41, 5.74) is 6.86. The van der Waals surface area contributed by atoms with Crippen molar-refractivity contribution in [3.8, 4) is 11.3 Å². The van der Waals surface area contributed by atoms with E-state index in [-0.39, 0.29) is 12.5 Å². The van der Waals surface area contributed by atoms with Crippen LogP contribution in [0.25, 0.3) is 11.3 Å². The van der Waals surface area contributed by atoms with Gasteiger partial charge in [0.1, 0.15) is 17.0 Å². The topological polar surface area (TPSA) is 79.5 Å². The minimum atomic E-state index is -0.318. The summed E-state index contributed by atoms with van der Waals surface area (Å²) in [6.07, 6.45) is 0. The van der Waals surface area contributed by atoms with Crippen LogP contribution in [0.4, 0.5) is 5.69 Å². The number of hydrogen-bond donors (Lipinski definition) is 2. The van der Waals surface area contributed by atoms with Crippen LogP contribution in [0.5, 0.6) is 0 Å². The predicted molar refractivity (Wildman–Crippen MR) is 127 cm³/mol. The molecular weight excluding hydrogens is 424 g/mol. The molecule has 1 heterocycles. The number of carbonyl (C=O) groups excluding carboxylic acids is 1. The molecule has 4 aromatic rings. The molecule has 0 radical (unpaired) electrons. The van der Waals surface area contributed by atoms with Gasteiger partial charge in [-0.25, -0.2) is 0 Å². The summed E-state index contributed by atoms with van der Waals surface area (Å²) in [4.78, 5) is 13.1. The zero-order valence-electron chi connectivity index (χ0n) is 17.4. The normalized spacial score (nSPS) is 11.2. The van der Waals surface area contributed by atoms with Crippen LogP contribution in [0.15, 0.2) is 94.6 Å². The molecule has 0 atom stereocenters. The van der Waals surface area contributed by atoms with Crippen LogP contribution in [-0.2, 0) is 0 Å². The number of anilines is 1. The van der Waals surface area contributed by atoms with Crippen molar-refractivity contribution in [2.45, 2.75) is 6.92 Å². The van der Waals surface area contributed by atoms with Crippen LogP contribution < -0.4 is 10.7 Å². The van der Waals surface area contributed by atoms with Crippen molar-refractivity contribution in [2.24, 2.45) is 5.10 Å². The Hall–Kier alpha value is -3.90. The van der Waals surface area contributed by atoms with Crippen LogP contribution in [-0.4, -0.2) is 23.3 Å². The molecule has 0 aliphatic heterocycles. The van der Waals surface area contributed by atoms with E-state index in [4.69, 9.17) is 16.1 Å². The van der Waals surface area contributed by atoms with Crippen molar-refractivity contribution in [1.29, 1.82) is 0 Å². The van der Waals surface area contributed by atoms with Crippen LogP contribution in [0.2, 0.25) is 5.02 Å². The van der Waals surface area contributed by atoms with Crippen molar-refractivity contribution < 1.29 is 9.32 Å². The minimum Gasteiger partial charge on any atom is -0.360 e. The third-order valence-electron chi connectivity index (χ3n) is 4.84. The fourth-order valence-electron chi connectivity index (χ4n) is 3.21. The second-order valence-corrected chi connectivity index (χ2v) is 7.43. The van der Waals surface area contributed by atoms with Gasteiger partial charge in [-0.2, -0.15) is 5.10 Å². The highest BCUT2D eigenvalue weighted by Crippen LogP contribution is 2.30. The lowest BCUT2D eigenvalue weighted by atomic mass is 10.1. The van der Waals surface area contributed by atoms with E-state index in [1.807, 2.05) is 72.8 Å². The van der Waals surface area contributed by atoms with Gasteiger partial charge in [-0.1, -0.05) is 83.5 Å². The van der Waals surface area contributed by atoms with Gasteiger partial charge in [0.05, 0.1) is 23.0 Å². The number of benzene rings is 3. The van der Waals surface area contributed by atoms with Crippen molar-refractivity contribution in [2.75, 3.05) is 12.0 Å². The van der Waals surface area contributed by atoms with Gasteiger partial charge in [0.15, 0.2) is 0 Å². The van der Waals surface area contributed by atoms with E-state index in [9.17, 15) is 4.79 Å². The van der Waals surface area contributed by atoms with Gasteiger partial charge in [0.25, 0.3) is 5.91 Å². The zero-order chi connectivity index (χ0) is 22.3. The summed E-state index contributed by atoms with van der Waals surface area (Å²) in [6.45, 7) is 1.90. The molecule has 2 N–H and O–H groups in total. The number of para-hydroxylation sites is 1. The maximum Gasteiger partial charge on any atom is 0.257 e. The standard InChI is InChI=1S/C25H21ClN4O2/c1-17-23(24(30-32-17)20-14-8-9-15-21(20)26)25(31)27-16-22(18-10-4-2-5-11-18)29-28-19-12-6-3-7-13-19/h2-15,28H,16H2,1H3,(H,27,31). The SMILES string of the molecule is Cc1onc(-c2ccccc2Cl)c1C(=O)NCC(=NNc1ccccc1)c1ccccc1. The molecule has 0 fully saturated rings. The maximum absolute atomic E-state index is 13.1. The Morgan fingerprint density at radius 1 is 0.969 bits per heavy atom. The van der Waals surface area contributed by atoms with Gasteiger partial charge in [-0.15, -0.1) is 0 Å². The Labute approximate surface area is 190 Å². The number of nitrogens with zero attached hydrogens (tertiary/aromatic N) is 2. The molecule has 3 aromatic carbocycles. The van der Waals surface area contributed by atoms with Gasteiger partial charge in [-0.05, 0) is 30.7 Å². The lowest BCUT2D eigenvalue weighted by Gasteiger charge is -2.10. The first-order valence-electron chi connectivity index (χ1n) is 10.1. The molecule has 160 valence electrons. The van der Waals surface area contributed by atoms with Crippen molar-refractivity contribution in [1.82, 2.24) is 10.5 Å². The number of halogens is 1. The molecule has 0 aliphatic rings. The lowest BCUT2D eigenvalue weighted by molar-refractivity contribution is 0.0958. The highest BCUT2D eigenvalue weighted by atomic mass is 35.5. The molecule has 4 rings (SSSR count). The van der Waals surface area contributed by atoms with Crippen LogP contribution >= 0.6 is 11.6 Å². The van der Waals surface area contributed by atoms with Gasteiger partial charge in [0.2, 0.25) is 0 Å². The average molecular weight is 445 g/mol. The lowest BCUT2D eigenvalue weighted by Crippen LogP contribution is -2.31. The number of nitrogens with one attached hydrogen (secondary N) is 2. The molecular formula is C25H21ClN4O2. The molecule has 0 bridgehead atoms. The van der Waals surface area contributed by atoms with E-state index < -0.39 is 0 Å². The Balaban J connectivity index is 1.57. The second kappa shape index (κ2) is 9.94. The van der Waals surface area contributed by atoms with Crippen LogP contribution in [0.3, 0.4) is 0 Å². The number of aromatic nitrogens is 1. The van der Waals surface area contributed by atoms with E-state index in [0.717, 1.165) is 11.3 Å². The van der Waals surface area contributed by atoms with E-state index in [0.29, 0.717) is 33.3 Å². The second-order valence-electron chi connectivity index (χ2n) is 7.03. The van der Waals surface area contributed by atoms with Gasteiger partial charge in [-0.3, -0.25) is 10.2 Å². The number of hydrazone groups is 1. The monoisotopic (exact) mass is 444 g/mol. The zero-order valence-corrected chi connectivity index (χ0v) is 18.1. The number of hydrogen-bond acceptors (Lipinski definition) is 5. The van der Waals surface area contributed by atoms with Crippen LogP contribution in [0, 0.1) is 6.92 Å². The van der Waals surface area contributed by atoms with Gasteiger partial charge in [0, 0.05) is 5.56 Å². The van der Waals surface area contributed by atoms with E-state index in [1.165, 1.54) is 0 Å². The third kappa shape index (κ3) is 4.87. The molecule has 1 amide bonds. The highest BCUT2D eigenvalue weighted by Gasteiger charge is 2.23. The fraction of sp³-hybridized carbons (Fsp3) is 0.0800. The molecule has 32 heavy (non-hydrogen) atoms. The first-order valence-corrected chi connectivity index (χ1v) is 10.4. The molecule has 6 nitrogen and oxygen atoms in total. The highest BCUT2D eigenvalue weighted by molar-refractivity contribution is 6.33. The number of amides is 1. The van der Waals surface area contributed by atoms with Crippen LogP contribution in [0.1, 0.15) is 21.7 Å². The van der Waals surface area contributed by atoms with Crippen molar-refractivity contribution >= 4 is 28.9 Å². The summed E-state index contributed by atoms with van der Waals surface area (Å²) in [5, 5.41) is 12.0. The Bertz CT molecular complexity index is 1240. The summed E-state index contributed by atoms with van der Waals surface area (Å²) in [6, 6.07) is 26.5. The van der Waals surface area contributed by atoms with Gasteiger partial charge >= 0.3 is 0 Å². The molecule has 0 spiro atoms. The third-order valence-corrected chi connectivity index (χ3v) is 5.17. The van der Waals surface area contributed by atoms with E-state index in [2.05, 4.69) is 21.0 Å². The minimum absolute atomic E-state index is 0.204. The Morgan fingerprint density at radius 2 is 1.62 bits per heavy atom. The molecule has 0 saturated carbocycles. The predicted octanol–water partition coefficient (Wildman–Crippen LogP) is 5.55. The summed E-state index contributed by atoms with van der Waals surface area (Å²) in [7, 11) is 0. The number of aryl methyl sites for hydroxylation is 1. The Kier molecular flexibility index (Phi) is 6.63. The maximum atomic E-state index is 13.1. The fourth-order valence-corrected chi connectivity index (χ4v) is 3.44. The first-order chi connectivity index (χ1) is 15.6. The van der Waals surface area contributed by atoms with Crippen molar-refractivity contribution in [3.63, 3.8) is 0 Å². The molecule has 0 aliphatic carbocycles. The average Bonchev–Trinajstić information content (AvgIpc) is 3.21. The molecule has 0 unspecified atom stereocenters. The quantitative estimate of drug-likeness (QED) is 0.289. The summed E-state index contributed by atoms with van der Waals surface area (Å²) < 4.78 is 5.31. The Morgan fingerprint density at radius 3 is 2.34 bits per heavy atom. The summed E-state index contributed by atoms with van der Waals surface area (Å²) in [5.74, 6) is 0.0973. The first kappa shape index (κ1) is 21.3.